The van der Waals surface area contributed by atoms with Crippen molar-refractivity contribution in [3.8, 4) is 5.69 Å². The SMILES string of the molecule is O=C1CN(S(=O)(=O)c2cccc(NC(=O)c3cnn(-c4ccc(Cl)cc4)c3)c2)CCN1. The van der Waals surface area contributed by atoms with Gasteiger partial charge in [0.2, 0.25) is 15.9 Å². The minimum absolute atomic E-state index is 0.00291. The van der Waals surface area contributed by atoms with E-state index in [1.54, 1.807) is 36.5 Å². The van der Waals surface area contributed by atoms with Crippen molar-refractivity contribution >= 4 is 39.1 Å². The van der Waals surface area contributed by atoms with Crippen molar-refractivity contribution in [2.45, 2.75) is 4.90 Å². The molecule has 2 heterocycles. The van der Waals surface area contributed by atoms with Crippen LogP contribution in [0.15, 0.2) is 65.8 Å². The molecule has 3 aromatic rings. The Kier molecular flexibility index (Phi) is 5.77. The van der Waals surface area contributed by atoms with Gasteiger partial charge in [0.05, 0.1) is 28.9 Å². The summed E-state index contributed by atoms with van der Waals surface area (Å²) in [7, 11) is -3.86. The van der Waals surface area contributed by atoms with Crippen molar-refractivity contribution in [1.29, 1.82) is 0 Å². The number of hydrogen-bond donors (Lipinski definition) is 2. The molecule has 2 amide bonds. The van der Waals surface area contributed by atoms with Gasteiger partial charge in [-0.1, -0.05) is 17.7 Å². The lowest BCUT2D eigenvalue weighted by Crippen LogP contribution is -2.49. The highest BCUT2D eigenvalue weighted by atomic mass is 35.5. The molecule has 2 N–H and O–H groups in total. The summed E-state index contributed by atoms with van der Waals surface area (Å²) in [4.78, 5) is 24.2. The minimum atomic E-state index is -3.86. The second-order valence-electron chi connectivity index (χ2n) is 6.82. The number of nitrogens with zero attached hydrogens (tertiary/aromatic N) is 3. The van der Waals surface area contributed by atoms with Crippen molar-refractivity contribution in [2.24, 2.45) is 0 Å². The highest BCUT2D eigenvalue weighted by Crippen LogP contribution is 2.21. The zero-order valence-electron chi connectivity index (χ0n) is 16.2. The average molecular weight is 460 g/mol. The Morgan fingerprint density at radius 3 is 2.68 bits per heavy atom. The molecule has 31 heavy (non-hydrogen) atoms. The quantitative estimate of drug-likeness (QED) is 0.605. The molecule has 0 unspecified atom stereocenters. The van der Waals surface area contributed by atoms with Gasteiger partial charge in [0.1, 0.15) is 0 Å². The molecule has 0 saturated carbocycles. The molecule has 9 nitrogen and oxygen atoms in total. The molecule has 1 saturated heterocycles. The number of rotatable bonds is 5. The fourth-order valence-corrected chi connectivity index (χ4v) is 4.65. The first-order chi connectivity index (χ1) is 14.8. The van der Waals surface area contributed by atoms with E-state index in [0.717, 1.165) is 9.99 Å². The summed E-state index contributed by atoms with van der Waals surface area (Å²) in [5.74, 6) is -0.788. The normalized spacial score (nSPS) is 14.8. The van der Waals surface area contributed by atoms with Gasteiger partial charge in [0.25, 0.3) is 5.91 Å². The molecule has 4 rings (SSSR count). The maximum absolute atomic E-state index is 12.8. The predicted octanol–water partition coefficient (Wildman–Crippen LogP) is 1.90. The largest absolute Gasteiger partial charge is 0.354 e. The Morgan fingerprint density at radius 2 is 1.94 bits per heavy atom. The fraction of sp³-hybridized carbons (Fsp3) is 0.150. The number of carbonyl (C=O) groups excluding carboxylic acids is 2. The number of amides is 2. The molecule has 0 bridgehead atoms. The Labute approximate surface area is 183 Å². The van der Waals surface area contributed by atoms with E-state index in [2.05, 4.69) is 15.7 Å². The van der Waals surface area contributed by atoms with Crippen molar-refractivity contribution in [1.82, 2.24) is 19.4 Å². The van der Waals surface area contributed by atoms with E-state index in [-0.39, 0.29) is 30.4 Å². The molecule has 0 aliphatic carbocycles. The van der Waals surface area contributed by atoms with Gasteiger partial charge in [-0.15, -0.1) is 0 Å². The van der Waals surface area contributed by atoms with Crippen molar-refractivity contribution in [2.75, 3.05) is 25.0 Å². The van der Waals surface area contributed by atoms with E-state index in [4.69, 9.17) is 11.6 Å². The average Bonchev–Trinajstić information content (AvgIpc) is 3.25. The summed E-state index contributed by atoms with van der Waals surface area (Å²) < 4.78 is 28.3. The molecule has 2 aromatic carbocycles. The lowest BCUT2D eigenvalue weighted by atomic mass is 10.3. The molecule has 0 radical (unpaired) electrons. The first-order valence-electron chi connectivity index (χ1n) is 9.32. The standard InChI is InChI=1S/C20H18ClN5O4S/c21-15-4-6-17(7-5-15)26-12-14(11-23-26)20(28)24-16-2-1-3-18(10-16)31(29,30)25-9-8-22-19(27)13-25/h1-7,10-12H,8-9,13H2,(H,22,27)(H,24,28). The van der Waals surface area contributed by atoms with Crippen LogP contribution in [0.2, 0.25) is 5.02 Å². The Balaban J connectivity index is 1.51. The first kappa shape index (κ1) is 21.0. The van der Waals surface area contributed by atoms with E-state index in [0.29, 0.717) is 16.3 Å². The van der Waals surface area contributed by atoms with Crippen LogP contribution in [-0.2, 0) is 14.8 Å². The third-order valence-corrected chi connectivity index (χ3v) is 6.76. The zero-order valence-corrected chi connectivity index (χ0v) is 17.7. The zero-order chi connectivity index (χ0) is 22.0. The smallest absolute Gasteiger partial charge is 0.258 e. The topological polar surface area (TPSA) is 113 Å². The number of carbonyl (C=O) groups is 2. The maximum Gasteiger partial charge on any atom is 0.258 e. The van der Waals surface area contributed by atoms with Crippen molar-refractivity contribution in [3.05, 3.63) is 71.5 Å². The Bertz CT molecular complexity index is 1240. The van der Waals surface area contributed by atoms with Crippen molar-refractivity contribution in [3.63, 3.8) is 0 Å². The van der Waals surface area contributed by atoms with E-state index in [9.17, 15) is 18.0 Å². The van der Waals surface area contributed by atoms with Crippen LogP contribution in [0.5, 0.6) is 0 Å². The number of piperazine rings is 1. The van der Waals surface area contributed by atoms with Gasteiger partial charge >= 0.3 is 0 Å². The lowest BCUT2D eigenvalue weighted by Gasteiger charge is -2.26. The molecular weight excluding hydrogens is 442 g/mol. The third kappa shape index (κ3) is 4.61. The summed E-state index contributed by atoms with van der Waals surface area (Å²) in [5, 5.41) is 10.0. The van der Waals surface area contributed by atoms with Gasteiger partial charge < -0.3 is 10.6 Å². The second-order valence-corrected chi connectivity index (χ2v) is 9.19. The van der Waals surface area contributed by atoms with Crippen molar-refractivity contribution < 1.29 is 18.0 Å². The van der Waals surface area contributed by atoms with Crippen LogP contribution in [0, 0.1) is 0 Å². The Morgan fingerprint density at radius 1 is 1.16 bits per heavy atom. The van der Waals surface area contributed by atoms with Crippen LogP contribution in [0.25, 0.3) is 5.69 Å². The molecule has 1 aromatic heterocycles. The number of aromatic nitrogens is 2. The maximum atomic E-state index is 12.8. The summed E-state index contributed by atoms with van der Waals surface area (Å²) >= 11 is 5.89. The van der Waals surface area contributed by atoms with Gasteiger partial charge in [-0.25, -0.2) is 13.1 Å². The second kappa shape index (κ2) is 8.50. The molecule has 1 fully saturated rings. The lowest BCUT2D eigenvalue weighted by molar-refractivity contribution is -0.122. The summed E-state index contributed by atoms with van der Waals surface area (Å²) in [6, 6.07) is 12.9. The monoisotopic (exact) mass is 459 g/mol. The van der Waals surface area contributed by atoms with Crippen LogP contribution < -0.4 is 10.6 Å². The third-order valence-electron chi connectivity index (χ3n) is 4.67. The number of sulfonamides is 1. The number of nitrogens with one attached hydrogen (secondary N) is 2. The number of halogens is 1. The molecule has 0 spiro atoms. The van der Waals surface area contributed by atoms with Gasteiger partial charge in [-0.2, -0.15) is 9.40 Å². The highest BCUT2D eigenvalue weighted by Gasteiger charge is 2.29. The van der Waals surface area contributed by atoms with Gasteiger partial charge in [-0.3, -0.25) is 9.59 Å². The van der Waals surface area contributed by atoms with E-state index in [1.807, 2.05) is 0 Å². The van der Waals surface area contributed by atoms with E-state index >= 15 is 0 Å². The fourth-order valence-electron chi connectivity index (χ4n) is 3.08. The van der Waals surface area contributed by atoms with Crippen LogP contribution in [0.4, 0.5) is 5.69 Å². The van der Waals surface area contributed by atoms with E-state index in [1.165, 1.54) is 29.1 Å². The molecular formula is C20H18ClN5O4S. The molecule has 11 heteroatoms. The van der Waals surface area contributed by atoms with Gasteiger partial charge in [-0.05, 0) is 42.5 Å². The van der Waals surface area contributed by atoms with Gasteiger partial charge in [0, 0.05) is 30.0 Å². The summed E-state index contributed by atoms with van der Waals surface area (Å²) in [6.45, 7) is 0.212. The van der Waals surface area contributed by atoms with Crippen LogP contribution in [0.3, 0.4) is 0 Å². The molecule has 1 aliphatic heterocycles. The number of benzene rings is 2. The van der Waals surface area contributed by atoms with E-state index < -0.39 is 15.9 Å². The molecule has 1 aliphatic rings. The summed E-state index contributed by atoms with van der Waals surface area (Å²) in [6.07, 6.45) is 2.97. The van der Waals surface area contributed by atoms with Crippen LogP contribution in [-0.4, -0.2) is 54.0 Å². The Hall–Kier alpha value is -3.21. The van der Waals surface area contributed by atoms with Gasteiger partial charge in [0.15, 0.2) is 0 Å². The minimum Gasteiger partial charge on any atom is -0.354 e. The van der Waals surface area contributed by atoms with Crippen LogP contribution >= 0.6 is 11.6 Å². The molecule has 160 valence electrons. The highest BCUT2D eigenvalue weighted by molar-refractivity contribution is 7.89. The number of anilines is 1. The van der Waals surface area contributed by atoms with Crippen LogP contribution in [0.1, 0.15) is 10.4 Å². The first-order valence-corrected chi connectivity index (χ1v) is 11.1. The predicted molar refractivity (Wildman–Crippen MR) is 115 cm³/mol. The number of hydrogen-bond acceptors (Lipinski definition) is 5. The summed E-state index contributed by atoms with van der Waals surface area (Å²) in [5.41, 5.74) is 1.35. The molecule has 0 atom stereocenters.